The largest absolute Gasteiger partial charge is 0.493 e. The topological polar surface area (TPSA) is 51.2 Å². The van der Waals surface area contributed by atoms with Crippen molar-refractivity contribution in [3.63, 3.8) is 0 Å². The van der Waals surface area contributed by atoms with Crippen LogP contribution in [0.5, 0.6) is 17.2 Å². The summed E-state index contributed by atoms with van der Waals surface area (Å²) in [5.41, 5.74) is 1.05. The van der Waals surface area contributed by atoms with Crippen molar-refractivity contribution in [1.29, 1.82) is 0 Å². The molecule has 0 unspecified atom stereocenters. The predicted molar refractivity (Wildman–Crippen MR) is 105 cm³/mol. The number of benzene rings is 2. The van der Waals surface area contributed by atoms with Crippen LogP contribution in [0.3, 0.4) is 0 Å². The van der Waals surface area contributed by atoms with Gasteiger partial charge in [-0.2, -0.15) is 0 Å². The first-order valence-electron chi connectivity index (χ1n) is 8.74. The van der Waals surface area contributed by atoms with E-state index in [1.165, 1.54) is 0 Å². The minimum Gasteiger partial charge on any atom is -0.493 e. The number of ether oxygens (including phenoxy) is 3. The Balaban J connectivity index is 1.52. The van der Waals surface area contributed by atoms with E-state index in [9.17, 15) is 4.79 Å². The highest BCUT2D eigenvalue weighted by Gasteiger charge is 2.22. The van der Waals surface area contributed by atoms with Crippen molar-refractivity contribution in [1.82, 2.24) is 4.90 Å². The molecule has 6 nitrogen and oxygen atoms in total. The molecular weight excluding hydrogens is 368 g/mol. The smallest absolute Gasteiger partial charge is 0.260 e. The number of hydrogen-bond donors (Lipinski definition) is 0. The van der Waals surface area contributed by atoms with Crippen molar-refractivity contribution < 1.29 is 19.0 Å². The molecule has 0 radical (unpaired) electrons. The van der Waals surface area contributed by atoms with Gasteiger partial charge < -0.3 is 24.0 Å². The van der Waals surface area contributed by atoms with Crippen molar-refractivity contribution in [3.05, 3.63) is 47.5 Å². The number of halogens is 1. The Labute approximate surface area is 164 Å². The monoisotopic (exact) mass is 390 g/mol. The standard InChI is InChI=1S/C20H23ClN2O4/c1-25-18-8-5-16(13-19(18)26-2)22-9-11-23(12-10-22)20(24)14-27-17-6-3-15(21)4-7-17/h3-8,13H,9-12,14H2,1-2H3. The summed E-state index contributed by atoms with van der Waals surface area (Å²) in [5.74, 6) is 2.02. The molecule has 1 fully saturated rings. The molecule has 3 rings (SSSR count). The number of methoxy groups -OCH3 is 2. The van der Waals surface area contributed by atoms with Gasteiger partial charge in [0.2, 0.25) is 0 Å². The fraction of sp³-hybridized carbons (Fsp3) is 0.350. The molecule has 0 atom stereocenters. The van der Waals surface area contributed by atoms with Gasteiger partial charge in [0.1, 0.15) is 5.75 Å². The normalized spacial score (nSPS) is 14.0. The summed E-state index contributed by atoms with van der Waals surface area (Å²) in [7, 11) is 3.24. The van der Waals surface area contributed by atoms with Crippen LogP contribution in [0.1, 0.15) is 0 Å². The second kappa shape index (κ2) is 8.86. The highest BCUT2D eigenvalue weighted by molar-refractivity contribution is 6.30. The third-order valence-corrected chi connectivity index (χ3v) is 4.79. The quantitative estimate of drug-likeness (QED) is 0.758. The van der Waals surface area contributed by atoms with Crippen molar-refractivity contribution in [2.24, 2.45) is 0 Å². The van der Waals surface area contributed by atoms with Crippen LogP contribution < -0.4 is 19.1 Å². The fourth-order valence-electron chi connectivity index (χ4n) is 3.00. The first-order valence-corrected chi connectivity index (χ1v) is 9.11. The number of rotatable bonds is 6. The van der Waals surface area contributed by atoms with Crippen LogP contribution in [0.4, 0.5) is 5.69 Å². The third-order valence-electron chi connectivity index (χ3n) is 4.54. The van der Waals surface area contributed by atoms with Gasteiger partial charge in [0.15, 0.2) is 18.1 Å². The molecule has 1 aliphatic heterocycles. The molecular formula is C20H23ClN2O4. The lowest BCUT2D eigenvalue weighted by Crippen LogP contribution is -2.50. The van der Waals surface area contributed by atoms with Gasteiger partial charge in [0, 0.05) is 43.0 Å². The number of nitrogens with zero attached hydrogens (tertiary/aromatic N) is 2. The fourth-order valence-corrected chi connectivity index (χ4v) is 3.13. The molecule has 0 aliphatic carbocycles. The van der Waals surface area contributed by atoms with Gasteiger partial charge in [-0.1, -0.05) is 11.6 Å². The first kappa shape index (κ1) is 19.2. The summed E-state index contributed by atoms with van der Waals surface area (Å²) in [4.78, 5) is 16.4. The molecule has 7 heteroatoms. The maximum absolute atomic E-state index is 12.4. The second-order valence-corrected chi connectivity index (χ2v) is 6.59. The summed E-state index contributed by atoms with van der Waals surface area (Å²) in [6.07, 6.45) is 0. The van der Waals surface area contributed by atoms with E-state index in [1.807, 2.05) is 23.1 Å². The highest BCUT2D eigenvalue weighted by atomic mass is 35.5. The highest BCUT2D eigenvalue weighted by Crippen LogP contribution is 2.31. The molecule has 1 aliphatic rings. The molecule has 0 N–H and O–H groups in total. The van der Waals surface area contributed by atoms with Crippen LogP contribution in [-0.4, -0.2) is 57.8 Å². The van der Waals surface area contributed by atoms with Crippen molar-refractivity contribution in [3.8, 4) is 17.2 Å². The minimum absolute atomic E-state index is 0.0167. The summed E-state index contributed by atoms with van der Waals surface area (Å²) >= 11 is 5.85. The molecule has 27 heavy (non-hydrogen) atoms. The van der Waals surface area contributed by atoms with Gasteiger partial charge in [-0.15, -0.1) is 0 Å². The summed E-state index contributed by atoms with van der Waals surface area (Å²) in [5, 5.41) is 0.639. The summed E-state index contributed by atoms with van der Waals surface area (Å²) in [6, 6.07) is 12.8. The van der Waals surface area contributed by atoms with Gasteiger partial charge in [-0.25, -0.2) is 0 Å². The lowest BCUT2D eigenvalue weighted by Gasteiger charge is -2.36. The Bertz CT molecular complexity index is 774. The lowest BCUT2D eigenvalue weighted by molar-refractivity contribution is -0.133. The number of carbonyl (C=O) groups excluding carboxylic acids is 1. The van der Waals surface area contributed by atoms with Crippen molar-refractivity contribution in [2.45, 2.75) is 0 Å². The average Bonchev–Trinajstić information content (AvgIpc) is 2.72. The third kappa shape index (κ3) is 4.77. The number of piperazine rings is 1. The summed E-state index contributed by atoms with van der Waals surface area (Å²) in [6.45, 7) is 2.83. The maximum atomic E-state index is 12.4. The zero-order chi connectivity index (χ0) is 19.2. The van der Waals surface area contributed by atoms with Gasteiger partial charge in [0.25, 0.3) is 5.91 Å². The van der Waals surface area contributed by atoms with Crippen LogP contribution in [0.25, 0.3) is 0 Å². The SMILES string of the molecule is COc1ccc(N2CCN(C(=O)COc3ccc(Cl)cc3)CC2)cc1OC. The molecule has 1 saturated heterocycles. The van der Waals surface area contributed by atoms with E-state index < -0.39 is 0 Å². The lowest BCUT2D eigenvalue weighted by atomic mass is 10.2. The Morgan fingerprint density at radius 3 is 2.26 bits per heavy atom. The van der Waals surface area contributed by atoms with Crippen LogP contribution in [0.15, 0.2) is 42.5 Å². The number of hydrogen-bond acceptors (Lipinski definition) is 5. The van der Waals surface area contributed by atoms with E-state index in [0.717, 1.165) is 18.8 Å². The molecule has 2 aromatic rings. The van der Waals surface area contributed by atoms with Gasteiger partial charge in [-0.3, -0.25) is 4.79 Å². The van der Waals surface area contributed by atoms with E-state index >= 15 is 0 Å². The molecule has 1 amide bonds. The zero-order valence-corrected chi connectivity index (χ0v) is 16.2. The van der Waals surface area contributed by atoms with Gasteiger partial charge in [0.05, 0.1) is 14.2 Å². The van der Waals surface area contributed by atoms with E-state index in [2.05, 4.69) is 4.90 Å². The molecule has 0 bridgehead atoms. The Morgan fingerprint density at radius 2 is 1.63 bits per heavy atom. The van der Waals surface area contributed by atoms with Gasteiger partial charge >= 0.3 is 0 Å². The van der Waals surface area contributed by atoms with Crippen molar-refractivity contribution >= 4 is 23.2 Å². The van der Waals surface area contributed by atoms with E-state index in [1.54, 1.807) is 38.5 Å². The molecule has 2 aromatic carbocycles. The molecule has 144 valence electrons. The average molecular weight is 391 g/mol. The number of amides is 1. The van der Waals surface area contributed by atoms with Crippen LogP contribution in [0.2, 0.25) is 5.02 Å². The van der Waals surface area contributed by atoms with Crippen molar-refractivity contribution in [2.75, 3.05) is 51.9 Å². The van der Waals surface area contributed by atoms with Crippen LogP contribution in [-0.2, 0) is 4.79 Å². The molecule has 0 spiro atoms. The van der Waals surface area contributed by atoms with E-state index in [-0.39, 0.29) is 12.5 Å². The first-order chi connectivity index (χ1) is 13.1. The van der Waals surface area contributed by atoms with Crippen LogP contribution >= 0.6 is 11.6 Å². The predicted octanol–water partition coefficient (Wildman–Crippen LogP) is 3.08. The van der Waals surface area contributed by atoms with Crippen LogP contribution in [0, 0.1) is 0 Å². The Hall–Kier alpha value is -2.60. The van der Waals surface area contributed by atoms with Gasteiger partial charge in [-0.05, 0) is 36.4 Å². The number of anilines is 1. The zero-order valence-electron chi connectivity index (χ0n) is 15.5. The maximum Gasteiger partial charge on any atom is 0.260 e. The minimum atomic E-state index is -0.0167. The Morgan fingerprint density at radius 1 is 0.963 bits per heavy atom. The molecule has 0 saturated carbocycles. The summed E-state index contributed by atoms with van der Waals surface area (Å²) < 4.78 is 16.2. The van der Waals surface area contributed by atoms with E-state index in [4.69, 9.17) is 25.8 Å². The molecule has 0 aromatic heterocycles. The second-order valence-electron chi connectivity index (χ2n) is 6.15. The molecule has 1 heterocycles. The number of carbonyl (C=O) groups is 1. The van der Waals surface area contributed by atoms with E-state index in [0.29, 0.717) is 35.4 Å². The Kier molecular flexibility index (Phi) is 6.29.